The van der Waals surface area contributed by atoms with E-state index >= 15 is 0 Å². The molecule has 11 nitrogen and oxygen atoms in total. The van der Waals surface area contributed by atoms with Crippen molar-refractivity contribution in [2.45, 2.75) is 44.8 Å². The highest BCUT2D eigenvalue weighted by molar-refractivity contribution is 5.95. The topological polar surface area (TPSA) is 147 Å². The van der Waals surface area contributed by atoms with Gasteiger partial charge in [-0.05, 0) is 13.8 Å². The normalized spacial score (nSPS) is 22.1. The molecule has 1 fully saturated rings. The molecule has 0 aromatic carbocycles. The lowest BCUT2D eigenvalue weighted by Crippen LogP contribution is -2.29. The van der Waals surface area contributed by atoms with E-state index in [4.69, 9.17) is 14.7 Å². The number of aromatic nitrogens is 4. The predicted octanol–water partition coefficient (Wildman–Crippen LogP) is 0.545. The molecule has 0 unspecified atom stereocenters. The zero-order valence-electron chi connectivity index (χ0n) is 15.0. The average molecular weight is 375 g/mol. The smallest absolute Gasteiger partial charge is 0.321 e. The van der Waals surface area contributed by atoms with Crippen LogP contribution in [-0.4, -0.2) is 62.1 Å². The van der Waals surface area contributed by atoms with Crippen molar-refractivity contribution in [3.05, 3.63) is 12.7 Å². The monoisotopic (exact) mass is 375 g/mol. The second-order valence-corrected chi connectivity index (χ2v) is 6.35. The maximum atomic E-state index is 11.8. The Balaban J connectivity index is 1.78. The van der Waals surface area contributed by atoms with Crippen molar-refractivity contribution in [1.82, 2.24) is 24.8 Å². The molecule has 144 valence electrons. The Morgan fingerprint density at radius 1 is 1.52 bits per heavy atom. The molecule has 3 atom stereocenters. The van der Waals surface area contributed by atoms with Gasteiger partial charge < -0.3 is 19.9 Å². The predicted molar refractivity (Wildman–Crippen MR) is 93.6 cm³/mol. The van der Waals surface area contributed by atoms with Gasteiger partial charge in [-0.25, -0.2) is 19.7 Å². The van der Waals surface area contributed by atoms with Gasteiger partial charge in [0.1, 0.15) is 19.0 Å². The van der Waals surface area contributed by atoms with Gasteiger partial charge in [-0.3, -0.25) is 9.88 Å². The summed E-state index contributed by atoms with van der Waals surface area (Å²) in [4.78, 5) is 24.2. The lowest BCUT2D eigenvalue weighted by Gasteiger charge is -2.17. The molecule has 3 heterocycles. The quantitative estimate of drug-likeness (QED) is 0.620. The molecule has 11 heteroatoms. The van der Waals surface area contributed by atoms with Gasteiger partial charge >= 0.3 is 6.03 Å². The van der Waals surface area contributed by atoms with Crippen LogP contribution in [0.2, 0.25) is 0 Å². The van der Waals surface area contributed by atoms with Gasteiger partial charge in [-0.1, -0.05) is 0 Å². The number of rotatable bonds is 6. The number of imidazole rings is 1. The third-order valence-corrected chi connectivity index (χ3v) is 3.97. The van der Waals surface area contributed by atoms with E-state index < -0.39 is 18.4 Å². The Kier molecular flexibility index (Phi) is 5.80. The minimum Gasteiger partial charge on any atom is -0.388 e. The van der Waals surface area contributed by atoms with Crippen molar-refractivity contribution >= 4 is 23.0 Å². The van der Waals surface area contributed by atoms with Crippen molar-refractivity contribution < 1.29 is 19.4 Å². The maximum absolute atomic E-state index is 11.8. The van der Waals surface area contributed by atoms with E-state index in [-0.39, 0.29) is 24.6 Å². The Morgan fingerprint density at radius 3 is 3.07 bits per heavy atom. The molecule has 2 aromatic heterocycles. The molecule has 2 amide bonds. The Bertz CT molecular complexity index is 847. The highest BCUT2D eigenvalue weighted by Gasteiger charge is 2.36. The second kappa shape index (κ2) is 8.26. The fraction of sp³-hybridized carbons (Fsp3) is 0.562. The standard InChI is InChI=1S/C16H21N7O4/c1-9(2)26-6-10-5-11(24)15(27-10)23-8-21-12-13(19-7-20-14(12)23)22-16(25)18-4-3-17/h7-11,15,24H,4-6H2,1-2H3,(H2,18,19,20,22,25)/t10-,11+,15+/m0/s1. The largest absolute Gasteiger partial charge is 0.388 e. The fourth-order valence-electron chi connectivity index (χ4n) is 2.79. The number of nitrogens with zero attached hydrogens (tertiary/aromatic N) is 5. The van der Waals surface area contributed by atoms with Gasteiger partial charge in [0.05, 0.1) is 31.2 Å². The molecule has 0 aliphatic carbocycles. The van der Waals surface area contributed by atoms with Crippen molar-refractivity contribution in [1.29, 1.82) is 5.26 Å². The number of nitrogens with one attached hydrogen (secondary N) is 2. The lowest BCUT2D eigenvalue weighted by molar-refractivity contribution is -0.0684. The highest BCUT2D eigenvalue weighted by Crippen LogP contribution is 2.32. The van der Waals surface area contributed by atoms with E-state index in [1.165, 1.54) is 12.7 Å². The fourth-order valence-corrected chi connectivity index (χ4v) is 2.79. The molecule has 0 bridgehead atoms. The molecule has 1 aliphatic heterocycles. The summed E-state index contributed by atoms with van der Waals surface area (Å²) < 4.78 is 13.1. The third kappa shape index (κ3) is 4.30. The van der Waals surface area contributed by atoms with Crippen LogP contribution < -0.4 is 10.6 Å². The summed E-state index contributed by atoms with van der Waals surface area (Å²) in [6, 6.07) is 1.24. The number of anilines is 1. The first kappa shape index (κ1) is 19.0. The van der Waals surface area contributed by atoms with E-state index in [2.05, 4.69) is 25.6 Å². The van der Waals surface area contributed by atoms with Crippen LogP contribution in [-0.2, 0) is 9.47 Å². The van der Waals surface area contributed by atoms with E-state index in [9.17, 15) is 9.90 Å². The zero-order chi connectivity index (χ0) is 19.4. The molecular formula is C16H21N7O4. The summed E-state index contributed by atoms with van der Waals surface area (Å²) in [6.07, 6.45) is 1.63. The van der Waals surface area contributed by atoms with E-state index in [1.807, 2.05) is 19.9 Å². The van der Waals surface area contributed by atoms with E-state index in [1.54, 1.807) is 4.57 Å². The number of aliphatic hydroxyl groups is 1. The molecule has 1 saturated heterocycles. The second-order valence-electron chi connectivity index (χ2n) is 6.35. The van der Waals surface area contributed by atoms with Crippen LogP contribution in [0, 0.1) is 11.3 Å². The average Bonchev–Trinajstić information content (AvgIpc) is 3.22. The van der Waals surface area contributed by atoms with Crippen molar-refractivity contribution in [3.63, 3.8) is 0 Å². The van der Waals surface area contributed by atoms with E-state index in [0.717, 1.165) is 0 Å². The highest BCUT2D eigenvalue weighted by atomic mass is 16.6. The van der Waals surface area contributed by atoms with Crippen molar-refractivity contribution in [2.75, 3.05) is 18.5 Å². The number of urea groups is 1. The SMILES string of the molecule is CC(C)OC[C@@H]1C[C@@H](O)[C@H](n2cnc3c(NC(=O)NCC#N)ncnc32)O1. The van der Waals surface area contributed by atoms with Gasteiger partial charge in [-0.2, -0.15) is 5.26 Å². The Labute approximate surface area is 155 Å². The first-order valence-corrected chi connectivity index (χ1v) is 8.54. The van der Waals surface area contributed by atoms with Crippen LogP contribution in [0.5, 0.6) is 0 Å². The molecular weight excluding hydrogens is 354 g/mol. The molecule has 1 aliphatic rings. The summed E-state index contributed by atoms with van der Waals surface area (Å²) in [5.41, 5.74) is 0.761. The van der Waals surface area contributed by atoms with Gasteiger partial charge in [0, 0.05) is 6.42 Å². The number of fused-ring (bicyclic) bond motifs is 1. The maximum Gasteiger partial charge on any atom is 0.321 e. The minimum atomic E-state index is -0.742. The van der Waals surface area contributed by atoms with Crippen molar-refractivity contribution in [3.8, 4) is 6.07 Å². The number of amides is 2. The van der Waals surface area contributed by atoms with Crippen LogP contribution in [0.15, 0.2) is 12.7 Å². The Morgan fingerprint density at radius 2 is 2.33 bits per heavy atom. The van der Waals surface area contributed by atoms with Gasteiger partial charge in [-0.15, -0.1) is 0 Å². The van der Waals surface area contributed by atoms with E-state index in [0.29, 0.717) is 24.2 Å². The first-order valence-electron chi connectivity index (χ1n) is 8.54. The van der Waals surface area contributed by atoms with Gasteiger partial charge in [0.2, 0.25) is 0 Å². The zero-order valence-corrected chi connectivity index (χ0v) is 15.0. The summed E-state index contributed by atoms with van der Waals surface area (Å²) in [7, 11) is 0. The molecule has 0 radical (unpaired) electrons. The molecule has 0 saturated carbocycles. The summed E-state index contributed by atoms with van der Waals surface area (Å²) in [6.45, 7) is 4.13. The molecule has 3 N–H and O–H groups in total. The summed E-state index contributed by atoms with van der Waals surface area (Å²) >= 11 is 0. The lowest BCUT2D eigenvalue weighted by atomic mass is 10.2. The molecule has 0 spiro atoms. The first-order chi connectivity index (χ1) is 13.0. The summed E-state index contributed by atoms with van der Waals surface area (Å²) in [5.74, 6) is 0.196. The number of ether oxygens (including phenoxy) is 2. The number of hydrogen-bond donors (Lipinski definition) is 3. The Hall–Kier alpha value is -2.81. The van der Waals surface area contributed by atoms with Gasteiger partial charge in [0.25, 0.3) is 0 Å². The number of aliphatic hydroxyl groups excluding tert-OH is 1. The van der Waals surface area contributed by atoms with Crippen LogP contribution in [0.25, 0.3) is 11.2 Å². The number of nitriles is 1. The van der Waals surface area contributed by atoms with Crippen LogP contribution >= 0.6 is 0 Å². The van der Waals surface area contributed by atoms with Crippen molar-refractivity contribution in [2.24, 2.45) is 0 Å². The molecule has 27 heavy (non-hydrogen) atoms. The van der Waals surface area contributed by atoms with Gasteiger partial charge in [0.15, 0.2) is 23.2 Å². The molecule has 2 aromatic rings. The number of carbonyl (C=O) groups excluding carboxylic acids is 1. The van der Waals surface area contributed by atoms with Crippen LogP contribution in [0.1, 0.15) is 26.5 Å². The third-order valence-electron chi connectivity index (χ3n) is 3.97. The molecule has 3 rings (SSSR count). The van der Waals surface area contributed by atoms with Crippen LogP contribution in [0.4, 0.5) is 10.6 Å². The minimum absolute atomic E-state index is 0.0763. The summed E-state index contributed by atoms with van der Waals surface area (Å²) in [5, 5.41) is 23.8. The number of hydrogen-bond acceptors (Lipinski definition) is 8. The van der Waals surface area contributed by atoms with Crippen LogP contribution in [0.3, 0.4) is 0 Å². The number of carbonyl (C=O) groups is 1.